The lowest BCUT2D eigenvalue weighted by Crippen LogP contribution is -2.43. The lowest BCUT2D eigenvalue weighted by atomic mass is 10.2. The van der Waals surface area contributed by atoms with Crippen LogP contribution < -0.4 is 5.32 Å². The van der Waals surface area contributed by atoms with E-state index >= 15 is 0 Å². The zero-order valence-corrected chi connectivity index (χ0v) is 13.3. The van der Waals surface area contributed by atoms with E-state index < -0.39 is 0 Å². The van der Waals surface area contributed by atoms with E-state index in [1.54, 1.807) is 11.3 Å². The average molecular weight is 323 g/mol. The van der Waals surface area contributed by atoms with E-state index in [2.05, 4.69) is 16.3 Å². The van der Waals surface area contributed by atoms with Crippen LogP contribution in [0, 0.1) is 0 Å². The number of hydrogen-bond acceptors (Lipinski definition) is 5. The molecule has 2 fully saturated rings. The molecule has 0 unspecified atom stereocenters. The molecule has 1 atom stereocenters. The minimum absolute atomic E-state index is 0.135. The highest BCUT2D eigenvalue weighted by atomic mass is 32.1. The standard InChI is InChI=1S/C15H21N3O3S/c19-14(18-6-5-16-15(18)20)11-17(9-12-3-1-7-21-12)10-13-4-2-8-22-13/h2,4,8,12H,1,3,5-7,9-11H2,(H,16,20)/t12-/m0/s1. The van der Waals surface area contributed by atoms with Crippen molar-refractivity contribution in [3.05, 3.63) is 22.4 Å². The first kappa shape index (κ1) is 15.5. The molecule has 0 aliphatic carbocycles. The van der Waals surface area contributed by atoms with E-state index in [1.807, 2.05) is 11.4 Å². The maximum Gasteiger partial charge on any atom is 0.324 e. The first-order valence-corrected chi connectivity index (χ1v) is 8.55. The van der Waals surface area contributed by atoms with Crippen LogP contribution in [0.1, 0.15) is 17.7 Å². The van der Waals surface area contributed by atoms with Crippen molar-refractivity contribution in [2.24, 2.45) is 0 Å². The minimum Gasteiger partial charge on any atom is -0.377 e. The molecule has 1 aromatic rings. The molecule has 22 heavy (non-hydrogen) atoms. The van der Waals surface area contributed by atoms with Gasteiger partial charge in [-0.2, -0.15) is 0 Å². The highest BCUT2D eigenvalue weighted by Gasteiger charge is 2.28. The van der Waals surface area contributed by atoms with Gasteiger partial charge in [-0.25, -0.2) is 4.79 Å². The van der Waals surface area contributed by atoms with E-state index in [9.17, 15) is 9.59 Å². The number of urea groups is 1. The van der Waals surface area contributed by atoms with E-state index in [-0.39, 0.29) is 24.6 Å². The van der Waals surface area contributed by atoms with Crippen LogP contribution in [0.3, 0.4) is 0 Å². The Kier molecular flexibility index (Phi) is 5.07. The summed E-state index contributed by atoms with van der Waals surface area (Å²) in [6.07, 6.45) is 2.32. The van der Waals surface area contributed by atoms with Gasteiger partial charge in [0.25, 0.3) is 0 Å². The number of nitrogens with one attached hydrogen (secondary N) is 1. The number of ether oxygens (including phenoxy) is 1. The van der Waals surface area contributed by atoms with Gasteiger partial charge in [0, 0.05) is 37.7 Å². The minimum atomic E-state index is -0.279. The van der Waals surface area contributed by atoms with Crippen molar-refractivity contribution in [2.45, 2.75) is 25.5 Å². The Morgan fingerprint density at radius 1 is 1.55 bits per heavy atom. The van der Waals surface area contributed by atoms with Gasteiger partial charge in [-0.15, -0.1) is 11.3 Å². The molecule has 6 nitrogen and oxygen atoms in total. The highest BCUT2D eigenvalue weighted by Crippen LogP contribution is 2.17. The lowest BCUT2D eigenvalue weighted by molar-refractivity contribution is -0.129. The third-order valence-corrected chi connectivity index (χ3v) is 4.82. The monoisotopic (exact) mass is 323 g/mol. The second kappa shape index (κ2) is 7.21. The van der Waals surface area contributed by atoms with Gasteiger partial charge >= 0.3 is 6.03 Å². The quantitative estimate of drug-likeness (QED) is 0.857. The van der Waals surface area contributed by atoms with Crippen LogP contribution in [-0.2, 0) is 16.1 Å². The normalized spacial score (nSPS) is 21.6. The second-order valence-corrected chi connectivity index (χ2v) is 6.69. The number of rotatable bonds is 6. The first-order valence-electron chi connectivity index (χ1n) is 7.67. The van der Waals surface area contributed by atoms with Crippen molar-refractivity contribution in [1.29, 1.82) is 0 Å². The zero-order chi connectivity index (χ0) is 15.4. The van der Waals surface area contributed by atoms with E-state index in [4.69, 9.17) is 4.74 Å². The van der Waals surface area contributed by atoms with Gasteiger partial charge in [-0.05, 0) is 24.3 Å². The van der Waals surface area contributed by atoms with Crippen molar-refractivity contribution in [2.75, 3.05) is 32.8 Å². The Morgan fingerprint density at radius 2 is 2.45 bits per heavy atom. The molecule has 0 aromatic carbocycles. The molecular formula is C15H21N3O3S. The number of imide groups is 1. The van der Waals surface area contributed by atoms with Crippen LogP contribution in [0.25, 0.3) is 0 Å². The summed E-state index contributed by atoms with van der Waals surface area (Å²) in [5, 5.41) is 4.70. The van der Waals surface area contributed by atoms with Gasteiger partial charge in [0.05, 0.1) is 12.6 Å². The molecule has 120 valence electrons. The smallest absolute Gasteiger partial charge is 0.324 e. The van der Waals surface area contributed by atoms with E-state index in [1.165, 1.54) is 9.78 Å². The van der Waals surface area contributed by atoms with Gasteiger partial charge in [0.1, 0.15) is 0 Å². The number of carbonyl (C=O) groups excluding carboxylic acids is 2. The van der Waals surface area contributed by atoms with Crippen LogP contribution in [0.2, 0.25) is 0 Å². The maximum absolute atomic E-state index is 12.4. The predicted molar refractivity (Wildman–Crippen MR) is 83.7 cm³/mol. The Morgan fingerprint density at radius 3 is 3.09 bits per heavy atom. The van der Waals surface area contributed by atoms with Crippen molar-refractivity contribution in [1.82, 2.24) is 15.1 Å². The van der Waals surface area contributed by atoms with Gasteiger partial charge in [0.2, 0.25) is 5.91 Å². The predicted octanol–water partition coefficient (Wildman–Crippen LogP) is 1.28. The SMILES string of the molecule is O=C(CN(Cc1cccs1)C[C@@H]1CCCO1)N1CCNC1=O. The van der Waals surface area contributed by atoms with E-state index in [0.717, 1.165) is 32.5 Å². The Hall–Kier alpha value is -1.44. The zero-order valence-electron chi connectivity index (χ0n) is 12.5. The molecule has 3 rings (SSSR count). The fourth-order valence-corrected chi connectivity index (χ4v) is 3.62. The fourth-order valence-electron chi connectivity index (χ4n) is 2.87. The summed E-state index contributed by atoms with van der Waals surface area (Å²) in [6, 6.07) is 3.80. The Balaban J connectivity index is 1.61. The third kappa shape index (κ3) is 3.85. The molecule has 3 heterocycles. The Bertz CT molecular complexity index is 514. The summed E-state index contributed by atoms with van der Waals surface area (Å²) < 4.78 is 5.69. The summed E-state index contributed by atoms with van der Waals surface area (Å²) in [5.41, 5.74) is 0. The van der Waals surface area contributed by atoms with Crippen molar-refractivity contribution in [3.8, 4) is 0 Å². The summed E-state index contributed by atoms with van der Waals surface area (Å²) in [4.78, 5) is 28.6. The van der Waals surface area contributed by atoms with Crippen LogP contribution in [0.4, 0.5) is 4.79 Å². The van der Waals surface area contributed by atoms with Crippen molar-refractivity contribution >= 4 is 23.3 Å². The molecular weight excluding hydrogens is 302 g/mol. The summed E-state index contributed by atoms with van der Waals surface area (Å²) >= 11 is 1.68. The molecule has 0 saturated carbocycles. The van der Waals surface area contributed by atoms with Gasteiger partial charge in [-0.1, -0.05) is 6.07 Å². The Labute approximate surface area is 134 Å². The molecule has 0 spiro atoms. The van der Waals surface area contributed by atoms with Gasteiger partial charge in [0.15, 0.2) is 0 Å². The molecule has 3 amide bonds. The molecule has 0 bridgehead atoms. The topological polar surface area (TPSA) is 61.9 Å². The molecule has 2 saturated heterocycles. The lowest BCUT2D eigenvalue weighted by Gasteiger charge is -2.25. The largest absolute Gasteiger partial charge is 0.377 e. The number of nitrogens with zero attached hydrogens (tertiary/aromatic N) is 2. The summed E-state index contributed by atoms with van der Waals surface area (Å²) in [6.45, 7) is 3.52. The fraction of sp³-hybridized carbons (Fsp3) is 0.600. The summed E-state index contributed by atoms with van der Waals surface area (Å²) in [7, 11) is 0. The highest BCUT2D eigenvalue weighted by molar-refractivity contribution is 7.09. The maximum atomic E-state index is 12.4. The molecule has 2 aliphatic rings. The molecule has 1 N–H and O–H groups in total. The second-order valence-electron chi connectivity index (χ2n) is 5.66. The van der Waals surface area contributed by atoms with Crippen molar-refractivity contribution in [3.63, 3.8) is 0 Å². The van der Waals surface area contributed by atoms with Crippen LogP contribution in [-0.4, -0.2) is 60.6 Å². The van der Waals surface area contributed by atoms with Crippen LogP contribution >= 0.6 is 11.3 Å². The first-order chi connectivity index (χ1) is 10.7. The molecule has 1 aromatic heterocycles. The third-order valence-electron chi connectivity index (χ3n) is 3.96. The molecule has 0 radical (unpaired) electrons. The summed E-state index contributed by atoms with van der Waals surface area (Å²) in [5.74, 6) is -0.135. The molecule has 2 aliphatic heterocycles. The average Bonchev–Trinajstić information content (AvgIpc) is 3.21. The number of amides is 3. The number of thiophene rings is 1. The van der Waals surface area contributed by atoms with Crippen molar-refractivity contribution < 1.29 is 14.3 Å². The number of carbonyl (C=O) groups is 2. The van der Waals surface area contributed by atoms with Crippen LogP contribution in [0.5, 0.6) is 0 Å². The van der Waals surface area contributed by atoms with Gasteiger partial charge < -0.3 is 10.1 Å². The van der Waals surface area contributed by atoms with Crippen LogP contribution in [0.15, 0.2) is 17.5 Å². The number of hydrogen-bond donors (Lipinski definition) is 1. The molecule has 7 heteroatoms. The van der Waals surface area contributed by atoms with E-state index in [0.29, 0.717) is 13.1 Å². The van der Waals surface area contributed by atoms with Gasteiger partial charge in [-0.3, -0.25) is 14.6 Å².